The Morgan fingerprint density at radius 2 is 1.96 bits per heavy atom. The van der Waals surface area contributed by atoms with E-state index in [2.05, 4.69) is 38.2 Å². The topological polar surface area (TPSA) is 75.1 Å². The molecule has 0 amide bonds. The van der Waals surface area contributed by atoms with Crippen molar-refractivity contribution in [3.63, 3.8) is 0 Å². The van der Waals surface area contributed by atoms with Gasteiger partial charge in [0.05, 0.1) is 13.2 Å². The number of ether oxygens (including phenoxy) is 2. The van der Waals surface area contributed by atoms with Crippen LogP contribution in [0.5, 0.6) is 5.75 Å². The van der Waals surface area contributed by atoms with Crippen LogP contribution in [0.25, 0.3) is 0 Å². The SMILES string of the molecule is CCNC(=NCC(O)COc1ccc(I)cc1)NC(C)COC.I. The highest BCUT2D eigenvalue weighted by Gasteiger charge is 2.08. The zero-order valence-electron chi connectivity index (χ0n) is 14.3. The highest BCUT2D eigenvalue weighted by molar-refractivity contribution is 14.1. The van der Waals surface area contributed by atoms with Gasteiger partial charge < -0.3 is 25.2 Å². The fourth-order valence-corrected chi connectivity index (χ4v) is 2.18. The van der Waals surface area contributed by atoms with Crippen LogP contribution in [0.1, 0.15) is 13.8 Å². The monoisotopic (exact) mass is 563 g/mol. The second kappa shape index (κ2) is 13.9. The Bertz CT molecular complexity index is 472. The van der Waals surface area contributed by atoms with Crippen molar-refractivity contribution in [2.75, 3.05) is 33.4 Å². The lowest BCUT2D eigenvalue weighted by molar-refractivity contribution is 0.114. The van der Waals surface area contributed by atoms with Crippen LogP contribution in [0, 0.1) is 3.57 Å². The maximum absolute atomic E-state index is 10.0. The van der Waals surface area contributed by atoms with Crippen LogP contribution in [0.4, 0.5) is 0 Å². The Balaban J connectivity index is 0.00000529. The molecule has 8 heteroatoms. The van der Waals surface area contributed by atoms with Crippen LogP contribution in [0.2, 0.25) is 0 Å². The van der Waals surface area contributed by atoms with Crippen molar-refractivity contribution in [1.29, 1.82) is 0 Å². The normalized spacial score (nSPS) is 13.6. The highest BCUT2D eigenvalue weighted by Crippen LogP contribution is 2.13. The number of hydrogen-bond acceptors (Lipinski definition) is 4. The molecule has 0 aliphatic rings. The van der Waals surface area contributed by atoms with Gasteiger partial charge in [0, 0.05) is 23.3 Å². The molecule has 2 unspecified atom stereocenters. The molecule has 0 aliphatic carbocycles. The first kappa shape index (κ1) is 23.7. The molecule has 138 valence electrons. The van der Waals surface area contributed by atoms with Crippen molar-refractivity contribution in [3.05, 3.63) is 27.8 Å². The average molecular weight is 563 g/mol. The van der Waals surface area contributed by atoms with Crippen molar-refractivity contribution in [1.82, 2.24) is 10.6 Å². The van der Waals surface area contributed by atoms with Crippen LogP contribution in [-0.4, -0.2) is 56.6 Å². The average Bonchev–Trinajstić information content (AvgIpc) is 2.52. The summed E-state index contributed by atoms with van der Waals surface area (Å²) in [5, 5.41) is 16.4. The molecule has 0 saturated carbocycles. The lowest BCUT2D eigenvalue weighted by atomic mass is 10.3. The molecule has 2 atom stereocenters. The van der Waals surface area contributed by atoms with E-state index in [4.69, 9.17) is 9.47 Å². The molecule has 0 aromatic heterocycles. The Labute approximate surface area is 175 Å². The van der Waals surface area contributed by atoms with Gasteiger partial charge in [-0.05, 0) is 60.7 Å². The molecular weight excluding hydrogens is 536 g/mol. The summed E-state index contributed by atoms with van der Waals surface area (Å²) in [6.45, 7) is 5.81. The molecule has 0 radical (unpaired) electrons. The molecule has 0 saturated heterocycles. The summed E-state index contributed by atoms with van der Waals surface area (Å²) in [4.78, 5) is 4.37. The summed E-state index contributed by atoms with van der Waals surface area (Å²) in [6, 6.07) is 7.83. The molecule has 1 aromatic carbocycles. The second-order valence-corrected chi connectivity index (χ2v) is 6.38. The minimum Gasteiger partial charge on any atom is -0.491 e. The summed E-state index contributed by atoms with van der Waals surface area (Å²) in [7, 11) is 1.66. The zero-order chi connectivity index (χ0) is 17.1. The fraction of sp³-hybridized carbons (Fsp3) is 0.562. The van der Waals surface area contributed by atoms with Gasteiger partial charge >= 0.3 is 0 Å². The van der Waals surface area contributed by atoms with Gasteiger partial charge in [0.1, 0.15) is 18.5 Å². The van der Waals surface area contributed by atoms with E-state index in [1.807, 2.05) is 38.1 Å². The number of methoxy groups -OCH3 is 1. The lowest BCUT2D eigenvalue weighted by Gasteiger charge is -2.17. The summed E-state index contributed by atoms with van der Waals surface area (Å²) in [5.74, 6) is 1.40. The van der Waals surface area contributed by atoms with E-state index in [9.17, 15) is 5.11 Å². The van der Waals surface area contributed by atoms with E-state index in [0.29, 0.717) is 12.6 Å². The Hall–Kier alpha value is -0.330. The Kier molecular flexibility index (Phi) is 13.7. The van der Waals surface area contributed by atoms with Gasteiger partial charge in [0.25, 0.3) is 0 Å². The third-order valence-corrected chi connectivity index (χ3v) is 3.58. The van der Waals surface area contributed by atoms with Gasteiger partial charge in [-0.2, -0.15) is 0 Å². The number of aliphatic hydroxyl groups is 1. The predicted octanol–water partition coefficient (Wildman–Crippen LogP) is 2.24. The fourth-order valence-electron chi connectivity index (χ4n) is 1.82. The van der Waals surface area contributed by atoms with Crippen molar-refractivity contribution in [2.24, 2.45) is 4.99 Å². The standard InChI is InChI=1S/C16H26IN3O3.HI/c1-4-18-16(20-12(2)10-22-3)19-9-14(21)11-23-15-7-5-13(17)6-8-15;/h5-8,12,14,21H,4,9-11H2,1-3H3,(H2,18,19,20);1H. The van der Waals surface area contributed by atoms with Crippen LogP contribution in [0.3, 0.4) is 0 Å². The molecule has 0 spiro atoms. The van der Waals surface area contributed by atoms with Gasteiger partial charge in [-0.3, -0.25) is 4.99 Å². The summed E-state index contributed by atoms with van der Waals surface area (Å²) in [6.07, 6.45) is -0.664. The molecular formula is C16H27I2N3O3. The maximum atomic E-state index is 10.0. The van der Waals surface area contributed by atoms with Gasteiger partial charge in [0.15, 0.2) is 5.96 Å². The van der Waals surface area contributed by atoms with E-state index >= 15 is 0 Å². The first-order chi connectivity index (χ1) is 11.0. The maximum Gasteiger partial charge on any atom is 0.191 e. The highest BCUT2D eigenvalue weighted by atomic mass is 127. The molecule has 0 heterocycles. The molecule has 3 N–H and O–H groups in total. The predicted molar refractivity (Wildman–Crippen MR) is 117 cm³/mol. The van der Waals surface area contributed by atoms with Gasteiger partial charge in [-0.25, -0.2) is 0 Å². The Morgan fingerprint density at radius 3 is 2.54 bits per heavy atom. The van der Waals surface area contributed by atoms with Crippen LogP contribution in [-0.2, 0) is 4.74 Å². The molecule has 0 fully saturated rings. The number of aliphatic hydroxyl groups excluding tert-OH is 1. The van der Waals surface area contributed by atoms with Crippen LogP contribution in [0.15, 0.2) is 29.3 Å². The second-order valence-electron chi connectivity index (χ2n) is 5.14. The number of hydrogen-bond donors (Lipinski definition) is 3. The Morgan fingerprint density at radius 1 is 1.29 bits per heavy atom. The number of benzene rings is 1. The summed E-state index contributed by atoms with van der Waals surface area (Å²) in [5.41, 5.74) is 0. The third kappa shape index (κ3) is 10.5. The third-order valence-electron chi connectivity index (χ3n) is 2.86. The lowest BCUT2D eigenvalue weighted by Crippen LogP contribution is -2.44. The number of nitrogens with one attached hydrogen (secondary N) is 2. The minimum atomic E-state index is -0.664. The molecule has 1 aromatic rings. The largest absolute Gasteiger partial charge is 0.491 e. The number of rotatable bonds is 9. The number of aliphatic imine (C=N–C) groups is 1. The molecule has 6 nitrogen and oxygen atoms in total. The van der Waals surface area contributed by atoms with Crippen molar-refractivity contribution >= 4 is 52.5 Å². The van der Waals surface area contributed by atoms with Crippen molar-refractivity contribution < 1.29 is 14.6 Å². The number of guanidine groups is 1. The first-order valence-corrected chi connectivity index (χ1v) is 8.73. The molecule has 0 aliphatic heterocycles. The molecule has 0 bridgehead atoms. The van der Waals surface area contributed by atoms with E-state index in [0.717, 1.165) is 15.9 Å². The smallest absolute Gasteiger partial charge is 0.191 e. The van der Waals surface area contributed by atoms with Crippen molar-refractivity contribution in [3.8, 4) is 5.75 Å². The quantitative estimate of drug-likeness (QED) is 0.244. The van der Waals surface area contributed by atoms with E-state index in [1.165, 1.54) is 0 Å². The van der Waals surface area contributed by atoms with E-state index < -0.39 is 6.10 Å². The van der Waals surface area contributed by atoms with Crippen LogP contribution >= 0.6 is 46.6 Å². The summed E-state index contributed by atoms with van der Waals surface area (Å²) < 4.78 is 11.8. The van der Waals surface area contributed by atoms with Gasteiger partial charge in [0.2, 0.25) is 0 Å². The number of halogens is 2. The zero-order valence-corrected chi connectivity index (χ0v) is 18.8. The van der Waals surface area contributed by atoms with Crippen LogP contribution < -0.4 is 15.4 Å². The van der Waals surface area contributed by atoms with Gasteiger partial charge in [-0.1, -0.05) is 0 Å². The molecule has 24 heavy (non-hydrogen) atoms. The van der Waals surface area contributed by atoms with Gasteiger partial charge in [-0.15, -0.1) is 24.0 Å². The minimum absolute atomic E-state index is 0. The van der Waals surface area contributed by atoms with E-state index in [1.54, 1.807) is 7.11 Å². The molecule has 1 rings (SSSR count). The number of nitrogens with zero attached hydrogens (tertiary/aromatic N) is 1. The van der Waals surface area contributed by atoms with Crippen molar-refractivity contribution in [2.45, 2.75) is 26.0 Å². The summed E-state index contributed by atoms with van der Waals surface area (Å²) >= 11 is 2.24. The van der Waals surface area contributed by atoms with E-state index in [-0.39, 0.29) is 43.2 Å². The first-order valence-electron chi connectivity index (χ1n) is 7.65.